The van der Waals surface area contributed by atoms with Gasteiger partial charge in [0.05, 0.1) is 11.7 Å². The van der Waals surface area contributed by atoms with Gasteiger partial charge in [0.1, 0.15) is 0 Å². The van der Waals surface area contributed by atoms with Crippen molar-refractivity contribution in [2.75, 3.05) is 0 Å². The SMILES string of the molecule is CC[C@H](NC(=O)c1csc(C(C)C)c1)C1CC(O)C1. The van der Waals surface area contributed by atoms with Crippen LogP contribution in [0.15, 0.2) is 11.4 Å². The van der Waals surface area contributed by atoms with Gasteiger partial charge in [-0.05, 0) is 37.2 Å². The van der Waals surface area contributed by atoms with Gasteiger partial charge in [0.25, 0.3) is 5.91 Å². The monoisotopic (exact) mass is 281 g/mol. The molecule has 1 atom stereocenters. The maximum absolute atomic E-state index is 12.2. The van der Waals surface area contributed by atoms with Gasteiger partial charge in [-0.15, -0.1) is 11.3 Å². The van der Waals surface area contributed by atoms with E-state index in [0.717, 1.165) is 24.8 Å². The van der Waals surface area contributed by atoms with Crippen LogP contribution in [0.5, 0.6) is 0 Å². The summed E-state index contributed by atoms with van der Waals surface area (Å²) < 4.78 is 0. The first-order valence-electron chi connectivity index (χ1n) is 7.08. The van der Waals surface area contributed by atoms with Crippen molar-refractivity contribution in [2.24, 2.45) is 5.92 Å². The molecule has 1 amide bonds. The van der Waals surface area contributed by atoms with Crippen LogP contribution in [0.2, 0.25) is 0 Å². The molecule has 106 valence electrons. The minimum atomic E-state index is -0.162. The quantitative estimate of drug-likeness (QED) is 0.871. The zero-order chi connectivity index (χ0) is 14.0. The largest absolute Gasteiger partial charge is 0.393 e. The smallest absolute Gasteiger partial charge is 0.252 e. The molecule has 0 bridgehead atoms. The number of carbonyl (C=O) groups excluding carboxylic acids is 1. The van der Waals surface area contributed by atoms with Crippen LogP contribution >= 0.6 is 11.3 Å². The average molecular weight is 281 g/mol. The number of rotatable bonds is 5. The molecular formula is C15H23NO2S. The Bertz CT molecular complexity index is 435. The number of thiophene rings is 1. The molecule has 2 rings (SSSR count). The number of aliphatic hydroxyl groups excluding tert-OH is 1. The summed E-state index contributed by atoms with van der Waals surface area (Å²) in [6.07, 6.45) is 2.40. The lowest BCUT2D eigenvalue weighted by Crippen LogP contribution is -2.46. The fourth-order valence-corrected chi connectivity index (χ4v) is 3.44. The van der Waals surface area contributed by atoms with Gasteiger partial charge in [0.2, 0.25) is 0 Å². The van der Waals surface area contributed by atoms with E-state index >= 15 is 0 Å². The normalized spacial score (nSPS) is 24.1. The molecular weight excluding hydrogens is 258 g/mol. The van der Waals surface area contributed by atoms with E-state index in [1.807, 2.05) is 11.4 Å². The Morgan fingerprint density at radius 3 is 2.68 bits per heavy atom. The summed E-state index contributed by atoms with van der Waals surface area (Å²) in [6, 6.07) is 2.19. The van der Waals surface area contributed by atoms with Crippen molar-refractivity contribution in [1.82, 2.24) is 5.32 Å². The summed E-state index contributed by atoms with van der Waals surface area (Å²) in [4.78, 5) is 13.5. The van der Waals surface area contributed by atoms with Gasteiger partial charge in [-0.3, -0.25) is 4.79 Å². The molecule has 1 aliphatic rings. The third kappa shape index (κ3) is 3.37. The van der Waals surface area contributed by atoms with Crippen LogP contribution in [0.3, 0.4) is 0 Å². The van der Waals surface area contributed by atoms with E-state index in [1.54, 1.807) is 11.3 Å². The Labute approximate surface area is 119 Å². The first kappa shape index (κ1) is 14.5. The molecule has 0 spiro atoms. The summed E-state index contributed by atoms with van der Waals surface area (Å²) in [7, 11) is 0. The van der Waals surface area contributed by atoms with Crippen molar-refractivity contribution in [3.8, 4) is 0 Å². The molecule has 1 aromatic heterocycles. The van der Waals surface area contributed by atoms with Crippen molar-refractivity contribution in [1.29, 1.82) is 0 Å². The van der Waals surface area contributed by atoms with E-state index in [9.17, 15) is 9.90 Å². The maximum atomic E-state index is 12.2. The lowest BCUT2D eigenvalue weighted by atomic mass is 9.76. The Morgan fingerprint density at radius 1 is 1.53 bits per heavy atom. The Hall–Kier alpha value is -0.870. The molecule has 0 aromatic carbocycles. The number of amides is 1. The number of hydrogen-bond acceptors (Lipinski definition) is 3. The van der Waals surface area contributed by atoms with Crippen molar-refractivity contribution in [2.45, 2.75) is 58.1 Å². The fourth-order valence-electron chi connectivity index (χ4n) is 2.54. The van der Waals surface area contributed by atoms with E-state index in [-0.39, 0.29) is 18.1 Å². The molecule has 0 unspecified atom stereocenters. The van der Waals surface area contributed by atoms with E-state index in [4.69, 9.17) is 0 Å². The maximum Gasteiger partial charge on any atom is 0.252 e. The van der Waals surface area contributed by atoms with Crippen molar-refractivity contribution >= 4 is 17.2 Å². The lowest BCUT2D eigenvalue weighted by Gasteiger charge is -2.37. The highest BCUT2D eigenvalue weighted by Crippen LogP contribution is 2.31. The molecule has 0 aliphatic heterocycles. The Morgan fingerprint density at radius 2 is 2.21 bits per heavy atom. The Balaban J connectivity index is 1.95. The highest BCUT2D eigenvalue weighted by molar-refractivity contribution is 7.10. The molecule has 0 saturated heterocycles. The molecule has 1 saturated carbocycles. The zero-order valence-electron chi connectivity index (χ0n) is 11.8. The average Bonchev–Trinajstić information content (AvgIpc) is 2.82. The van der Waals surface area contributed by atoms with Crippen LogP contribution < -0.4 is 5.32 Å². The molecule has 4 heteroatoms. The minimum Gasteiger partial charge on any atom is -0.393 e. The molecule has 0 radical (unpaired) electrons. The number of carbonyl (C=O) groups is 1. The van der Waals surface area contributed by atoms with Crippen molar-refractivity contribution in [3.05, 3.63) is 21.9 Å². The van der Waals surface area contributed by atoms with Crippen LogP contribution in [0.1, 0.15) is 61.2 Å². The first-order chi connectivity index (χ1) is 9.01. The van der Waals surface area contributed by atoms with Crippen LogP contribution in [0, 0.1) is 5.92 Å². The number of nitrogens with one attached hydrogen (secondary N) is 1. The van der Waals surface area contributed by atoms with Crippen LogP contribution in [0.25, 0.3) is 0 Å². The standard InChI is InChI=1S/C15H23NO2S/c1-4-13(10-5-12(17)6-10)16-15(18)11-7-14(9(2)3)19-8-11/h7-10,12-13,17H,4-6H2,1-3H3,(H,16,18)/t10?,12?,13-/m0/s1. The molecule has 2 N–H and O–H groups in total. The minimum absolute atomic E-state index is 0.0244. The summed E-state index contributed by atoms with van der Waals surface area (Å²) in [5.74, 6) is 0.929. The van der Waals surface area contributed by atoms with Gasteiger partial charge in [-0.2, -0.15) is 0 Å². The van der Waals surface area contributed by atoms with Gasteiger partial charge in [-0.1, -0.05) is 20.8 Å². The predicted molar refractivity (Wildman–Crippen MR) is 78.7 cm³/mol. The molecule has 1 aliphatic carbocycles. The van der Waals surface area contributed by atoms with Crippen LogP contribution in [-0.2, 0) is 0 Å². The summed E-state index contributed by atoms with van der Waals surface area (Å²) in [5, 5.41) is 14.4. The molecule has 1 heterocycles. The van der Waals surface area contributed by atoms with E-state index in [1.165, 1.54) is 4.88 Å². The lowest BCUT2D eigenvalue weighted by molar-refractivity contribution is 0.0232. The van der Waals surface area contributed by atoms with Gasteiger partial charge >= 0.3 is 0 Å². The molecule has 3 nitrogen and oxygen atoms in total. The second kappa shape index (κ2) is 6.06. The highest BCUT2D eigenvalue weighted by Gasteiger charge is 2.33. The second-order valence-corrected chi connectivity index (χ2v) is 6.71. The summed E-state index contributed by atoms with van der Waals surface area (Å²) >= 11 is 1.65. The van der Waals surface area contributed by atoms with Gasteiger partial charge < -0.3 is 10.4 Å². The summed E-state index contributed by atoms with van der Waals surface area (Å²) in [5.41, 5.74) is 0.770. The molecule has 1 fully saturated rings. The van der Waals surface area contributed by atoms with Crippen molar-refractivity contribution < 1.29 is 9.90 Å². The number of hydrogen-bond donors (Lipinski definition) is 2. The second-order valence-electron chi connectivity index (χ2n) is 5.77. The van der Waals surface area contributed by atoms with Crippen LogP contribution in [0.4, 0.5) is 0 Å². The van der Waals surface area contributed by atoms with Crippen LogP contribution in [-0.4, -0.2) is 23.2 Å². The highest BCUT2D eigenvalue weighted by atomic mass is 32.1. The molecule has 19 heavy (non-hydrogen) atoms. The third-order valence-corrected chi connectivity index (χ3v) is 5.16. The third-order valence-electron chi connectivity index (χ3n) is 3.93. The predicted octanol–water partition coefficient (Wildman–Crippen LogP) is 3.15. The van der Waals surface area contributed by atoms with Gasteiger partial charge in [0, 0.05) is 16.3 Å². The van der Waals surface area contributed by atoms with E-state index < -0.39 is 0 Å². The van der Waals surface area contributed by atoms with Gasteiger partial charge in [0.15, 0.2) is 0 Å². The van der Waals surface area contributed by atoms with Gasteiger partial charge in [-0.25, -0.2) is 0 Å². The summed E-state index contributed by atoms with van der Waals surface area (Å²) in [6.45, 7) is 6.36. The van der Waals surface area contributed by atoms with E-state index in [0.29, 0.717) is 11.8 Å². The zero-order valence-corrected chi connectivity index (χ0v) is 12.7. The van der Waals surface area contributed by atoms with Crippen molar-refractivity contribution in [3.63, 3.8) is 0 Å². The fraction of sp³-hybridized carbons (Fsp3) is 0.667. The first-order valence-corrected chi connectivity index (χ1v) is 7.96. The Kier molecular flexibility index (Phi) is 4.63. The van der Waals surface area contributed by atoms with E-state index in [2.05, 4.69) is 26.1 Å². The number of aliphatic hydroxyl groups is 1. The topological polar surface area (TPSA) is 49.3 Å². The molecule has 1 aromatic rings.